The maximum absolute atomic E-state index is 12.1. The Kier molecular flexibility index (Phi) is 5.48. The van der Waals surface area contributed by atoms with Crippen molar-refractivity contribution >= 4 is 40.8 Å². The monoisotopic (exact) mass is 377 g/mol. The Hall–Kier alpha value is -2.12. The van der Waals surface area contributed by atoms with Gasteiger partial charge in [0.05, 0.1) is 11.7 Å². The summed E-state index contributed by atoms with van der Waals surface area (Å²) in [6.45, 7) is 4.33. The van der Waals surface area contributed by atoms with Crippen molar-refractivity contribution in [1.82, 2.24) is 20.4 Å². The number of hydrogen-bond donors (Lipinski definition) is 3. The van der Waals surface area contributed by atoms with Crippen LogP contribution in [-0.2, 0) is 9.59 Å². The molecule has 8 heteroatoms. The van der Waals surface area contributed by atoms with Gasteiger partial charge in [-0.1, -0.05) is 6.92 Å². The van der Waals surface area contributed by atoms with E-state index < -0.39 is 6.04 Å². The predicted molar refractivity (Wildman–Crippen MR) is 102 cm³/mol. The van der Waals surface area contributed by atoms with E-state index >= 15 is 0 Å². The van der Waals surface area contributed by atoms with Gasteiger partial charge in [-0.05, 0) is 50.0 Å². The molecule has 7 nitrogen and oxygen atoms in total. The number of piperidine rings is 2. The van der Waals surface area contributed by atoms with Gasteiger partial charge in [-0.3, -0.25) is 19.6 Å². The van der Waals surface area contributed by atoms with Crippen molar-refractivity contribution in [2.45, 2.75) is 38.3 Å². The molecule has 3 N–H and O–H groups in total. The van der Waals surface area contributed by atoms with E-state index in [9.17, 15) is 9.59 Å². The van der Waals surface area contributed by atoms with Crippen LogP contribution in [0, 0.1) is 5.92 Å². The largest absolute Gasteiger partial charge is 0.382 e. The number of carbonyl (C=O) groups is 2. The third kappa shape index (κ3) is 3.54. The smallest absolute Gasteiger partial charge is 0.251 e. The van der Waals surface area contributed by atoms with Gasteiger partial charge in [-0.15, -0.1) is 12.4 Å². The van der Waals surface area contributed by atoms with Gasteiger partial charge in [-0.25, -0.2) is 0 Å². The fourth-order valence-electron chi connectivity index (χ4n) is 3.75. The van der Waals surface area contributed by atoms with Gasteiger partial charge in [0, 0.05) is 23.5 Å². The molecule has 2 amide bonds. The number of halogens is 1. The van der Waals surface area contributed by atoms with E-state index in [0.29, 0.717) is 24.8 Å². The van der Waals surface area contributed by atoms with E-state index in [1.807, 2.05) is 12.1 Å². The zero-order valence-corrected chi connectivity index (χ0v) is 15.5. The molecule has 3 atom stereocenters. The van der Waals surface area contributed by atoms with Crippen molar-refractivity contribution in [2.75, 3.05) is 18.4 Å². The van der Waals surface area contributed by atoms with Crippen LogP contribution in [0.2, 0.25) is 0 Å². The molecule has 0 aliphatic carbocycles. The lowest BCUT2D eigenvalue weighted by Crippen LogP contribution is -2.42. The maximum atomic E-state index is 12.1. The fourth-order valence-corrected chi connectivity index (χ4v) is 3.75. The van der Waals surface area contributed by atoms with Crippen LogP contribution in [0.3, 0.4) is 0 Å². The van der Waals surface area contributed by atoms with Crippen LogP contribution < -0.4 is 16.0 Å². The average molecular weight is 378 g/mol. The molecular formula is C18H24ClN5O2. The second-order valence-corrected chi connectivity index (χ2v) is 7.05. The van der Waals surface area contributed by atoms with Gasteiger partial charge in [0.25, 0.3) is 5.91 Å². The van der Waals surface area contributed by atoms with Gasteiger partial charge in [0.2, 0.25) is 5.91 Å². The van der Waals surface area contributed by atoms with Gasteiger partial charge < -0.3 is 10.6 Å². The highest BCUT2D eigenvalue weighted by Crippen LogP contribution is 2.27. The molecule has 0 radical (unpaired) electrons. The zero-order chi connectivity index (χ0) is 17.4. The van der Waals surface area contributed by atoms with Crippen LogP contribution >= 0.6 is 12.4 Å². The minimum absolute atomic E-state index is 0. The van der Waals surface area contributed by atoms with Crippen molar-refractivity contribution in [3.63, 3.8) is 0 Å². The highest BCUT2D eigenvalue weighted by molar-refractivity contribution is 6.00. The molecule has 2 fully saturated rings. The van der Waals surface area contributed by atoms with Crippen LogP contribution in [0.4, 0.5) is 5.69 Å². The van der Waals surface area contributed by atoms with E-state index in [4.69, 9.17) is 0 Å². The normalized spacial score (nSPS) is 26.3. The lowest BCUT2D eigenvalue weighted by Gasteiger charge is -2.31. The van der Waals surface area contributed by atoms with Gasteiger partial charge in [0.1, 0.15) is 6.04 Å². The van der Waals surface area contributed by atoms with E-state index in [0.717, 1.165) is 36.1 Å². The number of carbonyl (C=O) groups excluding carboxylic acids is 2. The van der Waals surface area contributed by atoms with Crippen molar-refractivity contribution < 1.29 is 9.59 Å². The van der Waals surface area contributed by atoms with E-state index in [1.54, 1.807) is 10.9 Å². The standard InChI is InChI=1S/C18H23N5O2.ClH/c1-11-9-19-7-6-14(11)21-13-2-3-15-12(8-13)10-20-23(15)16-4-5-17(24)22-18(16)25;/h2-3,8,10-11,14,16,19,21H,4-7,9H2,1H3,(H,22,24,25);1H/t11-,14-,16?;/m1./s1. The number of rotatable bonds is 3. The molecule has 26 heavy (non-hydrogen) atoms. The lowest BCUT2D eigenvalue weighted by atomic mass is 9.95. The second-order valence-electron chi connectivity index (χ2n) is 7.05. The Bertz CT molecular complexity index is 821. The molecule has 2 saturated heterocycles. The molecule has 2 aliphatic rings. The number of benzene rings is 1. The second kappa shape index (κ2) is 7.63. The Morgan fingerprint density at radius 1 is 1.27 bits per heavy atom. The summed E-state index contributed by atoms with van der Waals surface area (Å²) in [4.78, 5) is 23.4. The number of hydrogen-bond acceptors (Lipinski definition) is 5. The summed E-state index contributed by atoms with van der Waals surface area (Å²) in [7, 11) is 0. The number of nitrogens with one attached hydrogen (secondary N) is 3. The molecule has 4 rings (SSSR count). The molecule has 0 spiro atoms. The number of aromatic nitrogens is 2. The summed E-state index contributed by atoms with van der Waals surface area (Å²) in [6, 6.07) is 6.17. The van der Waals surface area contributed by atoms with Gasteiger partial charge in [-0.2, -0.15) is 5.10 Å². The Labute approximate surface area is 158 Å². The van der Waals surface area contributed by atoms with Crippen molar-refractivity contribution in [2.24, 2.45) is 5.92 Å². The van der Waals surface area contributed by atoms with Crippen LogP contribution in [0.5, 0.6) is 0 Å². The van der Waals surface area contributed by atoms with Gasteiger partial charge >= 0.3 is 0 Å². The van der Waals surface area contributed by atoms with Crippen LogP contribution in [0.25, 0.3) is 10.9 Å². The predicted octanol–water partition coefficient (Wildman–Crippen LogP) is 1.85. The molecular weight excluding hydrogens is 354 g/mol. The Morgan fingerprint density at radius 2 is 2.12 bits per heavy atom. The molecule has 2 aliphatic heterocycles. The third-order valence-electron chi connectivity index (χ3n) is 5.24. The first kappa shape index (κ1) is 18.7. The first-order valence-corrected chi connectivity index (χ1v) is 8.90. The van der Waals surface area contributed by atoms with Gasteiger partial charge in [0.15, 0.2) is 0 Å². The Morgan fingerprint density at radius 3 is 2.88 bits per heavy atom. The van der Waals surface area contributed by atoms with E-state index in [-0.39, 0.29) is 24.2 Å². The Balaban J connectivity index is 0.00000196. The number of imide groups is 1. The minimum atomic E-state index is -0.418. The number of amides is 2. The van der Waals surface area contributed by atoms with Crippen LogP contribution in [-0.4, -0.2) is 40.7 Å². The zero-order valence-electron chi connectivity index (χ0n) is 14.7. The topological polar surface area (TPSA) is 88.1 Å². The fraction of sp³-hybridized carbons (Fsp3) is 0.500. The van der Waals surface area contributed by atoms with Crippen molar-refractivity contribution in [3.05, 3.63) is 24.4 Å². The number of nitrogens with zero attached hydrogens (tertiary/aromatic N) is 2. The summed E-state index contributed by atoms with van der Waals surface area (Å²) in [5.41, 5.74) is 1.99. The summed E-state index contributed by atoms with van der Waals surface area (Å²) in [5.74, 6) is 0.0999. The summed E-state index contributed by atoms with van der Waals surface area (Å²) < 4.78 is 1.73. The third-order valence-corrected chi connectivity index (χ3v) is 5.24. The molecule has 1 aromatic heterocycles. The summed E-state index contributed by atoms with van der Waals surface area (Å²) in [5, 5.41) is 14.8. The van der Waals surface area contributed by atoms with Crippen LogP contribution in [0.1, 0.15) is 32.2 Å². The first-order valence-electron chi connectivity index (χ1n) is 8.90. The van der Waals surface area contributed by atoms with Crippen molar-refractivity contribution in [1.29, 1.82) is 0 Å². The van der Waals surface area contributed by atoms with Crippen molar-refractivity contribution in [3.8, 4) is 0 Å². The lowest BCUT2D eigenvalue weighted by molar-refractivity contribution is -0.135. The molecule has 1 aromatic carbocycles. The summed E-state index contributed by atoms with van der Waals surface area (Å²) >= 11 is 0. The number of fused-ring (bicyclic) bond motifs is 1. The quantitative estimate of drug-likeness (QED) is 0.710. The van der Waals surface area contributed by atoms with E-state index in [1.165, 1.54) is 0 Å². The SMILES string of the molecule is C[C@@H]1CNCC[C@H]1Nc1ccc2c(cnn2C2CCC(=O)NC2=O)c1.Cl. The highest BCUT2D eigenvalue weighted by Gasteiger charge is 2.29. The van der Waals surface area contributed by atoms with Crippen LogP contribution in [0.15, 0.2) is 24.4 Å². The average Bonchev–Trinajstić information content (AvgIpc) is 3.00. The highest BCUT2D eigenvalue weighted by atomic mass is 35.5. The molecule has 2 aromatic rings. The minimum Gasteiger partial charge on any atom is -0.382 e. The maximum Gasteiger partial charge on any atom is 0.251 e. The first-order chi connectivity index (χ1) is 12.1. The van der Waals surface area contributed by atoms with E-state index in [2.05, 4.69) is 34.0 Å². The molecule has 3 heterocycles. The molecule has 140 valence electrons. The summed E-state index contributed by atoms with van der Waals surface area (Å²) in [6.07, 6.45) is 3.74. The molecule has 0 bridgehead atoms. The number of anilines is 1. The molecule has 0 saturated carbocycles. The molecule has 1 unspecified atom stereocenters.